The van der Waals surface area contributed by atoms with Crippen LogP contribution in [0.1, 0.15) is 13.8 Å². The maximum Gasteiger partial charge on any atom is 0.434 e. The fraction of sp³-hybridized carbons (Fsp3) is 0.700. The van der Waals surface area contributed by atoms with Crippen LogP contribution in [-0.2, 0) is 6.54 Å². The molecule has 9 heteroatoms. The zero-order valence-electron chi connectivity index (χ0n) is 10.8. The van der Waals surface area contributed by atoms with Crippen LogP contribution in [0, 0.1) is 10.1 Å². The molecule has 1 aromatic rings. The molecule has 0 bridgehead atoms. The Morgan fingerprint density at radius 2 is 2.32 bits per heavy atom. The van der Waals surface area contributed by atoms with Crippen molar-refractivity contribution in [1.29, 1.82) is 0 Å². The van der Waals surface area contributed by atoms with Gasteiger partial charge in [-0.25, -0.2) is 4.57 Å². The molecule has 0 fully saturated rings. The van der Waals surface area contributed by atoms with Crippen LogP contribution in [0.3, 0.4) is 0 Å². The molecule has 19 heavy (non-hydrogen) atoms. The molecule has 0 aromatic carbocycles. The number of imidazole rings is 1. The minimum Gasteiger partial charge on any atom is -1.00 e. The molecular formula is C10H18Br2N4O3. The van der Waals surface area contributed by atoms with Crippen LogP contribution in [0.5, 0.6) is 0 Å². The molecule has 110 valence electrons. The van der Waals surface area contributed by atoms with Crippen LogP contribution in [-0.4, -0.2) is 43.1 Å². The normalized spacial score (nSPS) is 12.8. The van der Waals surface area contributed by atoms with Crippen molar-refractivity contribution in [3.05, 3.63) is 22.5 Å². The van der Waals surface area contributed by atoms with Gasteiger partial charge in [0.05, 0.1) is 5.33 Å². The lowest BCUT2D eigenvalue weighted by molar-refractivity contribution is -0.720. The molecule has 0 aliphatic heterocycles. The predicted molar refractivity (Wildman–Crippen MR) is 69.6 cm³/mol. The monoisotopic (exact) mass is 400 g/mol. The maximum atomic E-state index is 10.7. The molecule has 0 aliphatic carbocycles. The third-order valence-electron chi connectivity index (χ3n) is 2.55. The van der Waals surface area contributed by atoms with Gasteiger partial charge >= 0.3 is 5.95 Å². The Kier molecular flexibility index (Phi) is 7.72. The third kappa shape index (κ3) is 5.98. The third-order valence-corrected chi connectivity index (χ3v) is 4.00. The fourth-order valence-electron chi connectivity index (χ4n) is 1.43. The van der Waals surface area contributed by atoms with E-state index in [1.165, 1.54) is 17.0 Å². The van der Waals surface area contributed by atoms with E-state index in [0.717, 1.165) is 5.33 Å². The summed E-state index contributed by atoms with van der Waals surface area (Å²) in [6.45, 7) is 4.75. The number of nitrogens with two attached hydrogens (primary N) is 1. The highest BCUT2D eigenvalue weighted by atomic mass is 79.9. The van der Waals surface area contributed by atoms with Gasteiger partial charge < -0.3 is 37.5 Å². The van der Waals surface area contributed by atoms with Crippen molar-refractivity contribution in [3.8, 4) is 0 Å². The SMILES string of the molecule is CC(C)(CBr)[NH2+]CC(O)Cn1ccnc1[N+](=O)[O-].[Br-]. The van der Waals surface area contributed by atoms with Crippen LogP contribution in [0.2, 0.25) is 0 Å². The molecule has 0 saturated carbocycles. The maximum absolute atomic E-state index is 10.7. The zero-order chi connectivity index (χ0) is 13.8. The molecule has 1 aromatic heterocycles. The number of rotatable bonds is 7. The second kappa shape index (κ2) is 7.93. The number of alkyl halides is 1. The van der Waals surface area contributed by atoms with Gasteiger partial charge in [-0.05, 0) is 18.8 Å². The average molecular weight is 402 g/mol. The first-order valence-corrected chi connectivity index (χ1v) is 6.72. The van der Waals surface area contributed by atoms with Crippen LogP contribution in [0.15, 0.2) is 12.4 Å². The highest BCUT2D eigenvalue weighted by molar-refractivity contribution is 9.09. The van der Waals surface area contributed by atoms with Crippen LogP contribution in [0.25, 0.3) is 0 Å². The summed E-state index contributed by atoms with van der Waals surface area (Å²) in [7, 11) is 0. The van der Waals surface area contributed by atoms with Gasteiger partial charge in [0.1, 0.15) is 37.1 Å². The van der Waals surface area contributed by atoms with Crippen molar-refractivity contribution >= 4 is 21.9 Å². The fourth-order valence-corrected chi connectivity index (χ4v) is 1.66. The Hall–Kier alpha value is -0.510. The number of nitrogens with zero attached hydrogens (tertiary/aromatic N) is 3. The molecule has 0 aliphatic rings. The summed E-state index contributed by atoms with van der Waals surface area (Å²) in [5.74, 6) is -0.242. The summed E-state index contributed by atoms with van der Waals surface area (Å²) >= 11 is 3.39. The molecule has 1 unspecified atom stereocenters. The standard InChI is InChI=1S/C10H17BrN4O3.BrH/c1-10(2,7-11)13-5-8(16)6-14-4-3-12-9(14)15(17)18;/h3-4,8,13,16H,5-7H2,1-2H3;1H. The molecule has 1 rings (SSSR count). The summed E-state index contributed by atoms with van der Waals surface area (Å²) in [5, 5.41) is 23.3. The molecule has 0 saturated heterocycles. The lowest BCUT2D eigenvalue weighted by Gasteiger charge is -2.21. The van der Waals surface area contributed by atoms with E-state index >= 15 is 0 Å². The first kappa shape index (κ1) is 18.5. The lowest BCUT2D eigenvalue weighted by Crippen LogP contribution is -3.00. The predicted octanol–water partition coefficient (Wildman–Crippen LogP) is -3.11. The van der Waals surface area contributed by atoms with Crippen LogP contribution >= 0.6 is 15.9 Å². The minimum atomic E-state index is -0.656. The lowest BCUT2D eigenvalue weighted by atomic mass is 10.1. The number of nitro groups is 1. The minimum absolute atomic E-state index is 0. The van der Waals surface area contributed by atoms with Crippen LogP contribution < -0.4 is 22.3 Å². The second-order valence-electron chi connectivity index (χ2n) is 4.85. The number of hydrogen-bond acceptors (Lipinski definition) is 4. The van der Waals surface area contributed by atoms with E-state index in [0.29, 0.717) is 6.54 Å². The number of aliphatic hydroxyl groups is 1. The average Bonchev–Trinajstić information content (AvgIpc) is 2.75. The highest BCUT2D eigenvalue weighted by Crippen LogP contribution is 2.07. The first-order valence-electron chi connectivity index (χ1n) is 5.59. The van der Waals surface area contributed by atoms with E-state index in [-0.39, 0.29) is 35.0 Å². The summed E-state index contributed by atoms with van der Waals surface area (Å²) in [6.07, 6.45) is 2.20. The zero-order valence-corrected chi connectivity index (χ0v) is 14.0. The van der Waals surface area contributed by atoms with E-state index < -0.39 is 11.0 Å². The van der Waals surface area contributed by atoms with E-state index in [9.17, 15) is 15.2 Å². The van der Waals surface area contributed by atoms with Gasteiger partial charge in [-0.3, -0.25) is 0 Å². The summed E-state index contributed by atoms with van der Waals surface area (Å²) < 4.78 is 1.35. The summed E-state index contributed by atoms with van der Waals surface area (Å²) in [4.78, 5) is 13.7. The molecule has 1 heterocycles. The molecular weight excluding hydrogens is 384 g/mol. The topological polar surface area (TPSA) is 97.8 Å². The largest absolute Gasteiger partial charge is 1.00 e. The van der Waals surface area contributed by atoms with Gasteiger partial charge in [0.25, 0.3) is 0 Å². The Morgan fingerprint density at radius 1 is 1.68 bits per heavy atom. The van der Waals surface area contributed by atoms with E-state index in [2.05, 4.69) is 20.9 Å². The van der Waals surface area contributed by atoms with Gasteiger partial charge in [-0.1, -0.05) is 20.9 Å². The Morgan fingerprint density at radius 3 is 2.84 bits per heavy atom. The number of quaternary nitrogens is 1. The molecule has 3 N–H and O–H groups in total. The smallest absolute Gasteiger partial charge is 0.434 e. The summed E-state index contributed by atoms with van der Waals surface area (Å²) in [6, 6.07) is 0. The van der Waals surface area contributed by atoms with Crippen molar-refractivity contribution in [3.63, 3.8) is 0 Å². The number of hydrogen-bond donors (Lipinski definition) is 2. The van der Waals surface area contributed by atoms with Crippen molar-refractivity contribution < 1.29 is 32.3 Å². The van der Waals surface area contributed by atoms with E-state index in [1.807, 2.05) is 19.2 Å². The van der Waals surface area contributed by atoms with Gasteiger partial charge in [0.15, 0.2) is 0 Å². The Labute approximate surface area is 130 Å². The van der Waals surface area contributed by atoms with Crippen molar-refractivity contribution in [2.24, 2.45) is 0 Å². The van der Waals surface area contributed by atoms with Gasteiger partial charge in [0, 0.05) is 0 Å². The number of aromatic nitrogens is 2. The van der Waals surface area contributed by atoms with Crippen molar-refractivity contribution in [1.82, 2.24) is 9.55 Å². The van der Waals surface area contributed by atoms with E-state index in [1.54, 1.807) is 0 Å². The Balaban J connectivity index is 0.00000324. The van der Waals surface area contributed by atoms with Gasteiger partial charge in [0.2, 0.25) is 0 Å². The molecule has 0 spiro atoms. The Bertz CT molecular complexity index is 411. The second-order valence-corrected chi connectivity index (χ2v) is 5.41. The van der Waals surface area contributed by atoms with Crippen molar-refractivity contribution in [2.75, 3.05) is 11.9 Å². The van der Waals surface area contributed by atoms with Crippen molar-refractivity contribution in [2.45, 2.75) is 32.0 Å². The molecule has 0 radical (unpaired) electrons. The number of aliphatic hydroxyl groups excluding tert-OH is 1. The first-order chi connectivity index (χ1) is 8.35. The molecule has 1 atom stereocenters. The quantitative estimate of drug-likeness (QED) is 0.287. The molecule has 0 amide bonds. The van der Waals surface area contributed by atoms with Gasteiger partial charge in [-0.15, -0.1) is 0 Å². The highest BCUT2D eigenvalue weighted by Gasteiger charge is 2.23. The molecule has 7 nitrogen and oxygen atoms in total. The number of halogens is 2. The summed E-state index contributed by atoms with van der Waals surface area (Å²) in [5.41, 5.74) is -0.0121. The van der Waals surface area contributed by atoms with Crippen LogP contribution in [0.4, 0.5) is 5.95 Å². The van der Waals surface area contributed by atoms with E-state index in [4.69, 9.17) is 0 Å². The van der Waals surface area contributed by atoms with Gasteiger partial charge in [-0.2, -0.15) is 0 Å².